The van der Waals surface area contributed by atoms with Crippen LogP contribution in [0.15, 0.2) is 108 Å². The predicted octanol–water partition coefficient (Wildman–Crippen LogP) is 5.54. The van der Waals surface area contributed by atoms with Crippen molar-refractivity contribution in [2.45, 2.75) is 12.8 Å². The molecular formula is C27H24N2O2. The van der Waals surface area contributed by atoms with Crippen molar-refractivity contribution in [3.8, 4) is 5.75 Å². The summed E-state index contributed by atoms with van der Waals surface area (Å²) in [6.07, 6.45) is 0. The number of nitrogens with one attached hydrogen (secondary N) is 1. The highest BCUT2D eigenvalue weighted by molar-refractivity contribution is 5.93. The van der Waals surface area contributed by atoms with Crippen molar-refractivity contribution in [3.05, 3.63) is 114 Å². The summed E-state index contributed by atoms with van der Waals surface area (Å²) in [5, 5.41) is 6.44. The molecular weight excluding hydrogens is 384 g/mol. The highest BCUT2D eigenvalue weighted by Crippen LogP contribution is 2.26. The van der Waals surface area contributed by atoms with Gasteiger partial charge in [-0.3, -0.25) is 4.79 Å². The third-order valence-corrected chi connectivity index (χ3v) is 5.15. The fraction of sp³-hybridized carbons (Fsp3) is 0.111. The molecule has 0 radical (unpaired) electrons. The minimum absolute atomic E-state index is 0.0401. The van der Waals surface area contributed by atoms with Gasteiger partial charge in [0.15, 0.2) is 6.61 Å². The summed E-state index contributed by atoms with van der Waals surface area (Å²) in [6.45, 7) is 1.82. The van der Waals surface area contributed by atoms with E-state index in [1.807, 2.05) is 85.8 Å². The Balaban J connectivity index is 1.46. The molecule has 4 aromatic rings. The van der Waals surface area contributed by atoms with Crippen LogP contribution in [-0.4, -0.2) is 18.2 Å². The minimum Gasteiger partial charge on any atom is -0.483 e. The normalized spacial score (nSPS) is 11.5. The monoisotopic (exact) mass is 408 g/mol. The zero-order valence-corrected chi connectivity index (χ0v) is 17.4. The van der Waals surface area contributed by atoms with E-state index in [2.05, 4.69) is 34.8 Å². The van der Waals surface area contributed by atoms with Gasteiger partial charge in [0.25, 0.3) is 5.91 Å². The van der Waals surface area contributed by atoms with Gasteiger partial charge in [-0.2, -0.15) is 5.10 Å². The Labute approximate surface area is 182 Å². The van der Waals surface area contributed by atoms with Crippen molar-refractivity contribution in [2.24, 2.45) is 5.10 Å². The van der Waals surface area contributed by atoms with E-state index in [0.29, 0.717) is 5.75 Å². The quantitative estimate of drug-likeness (QED) is 0.322. The molecule has 0 atom stereocenters. The number of rotatable bonds is 7. The van der Waals surface area contributed by atoms with Gasteiger partial charge in [-0.15, -0.1) is 0 Å². The van der Waals surface area contributed by atoms with Crippen molar-refractivity contribution in [3.63, 3.8) is 0 Å². The third-order valence-electron chi connectivity index (χ3n) is 5.15. The van der Waals surface area contributed by atoms with Crippen molar-refractivity contribution in [2.75, 3.05) is 6.61 Å². The Morgan fingerprint density at radius 3 is 2.06 bits per heavy atom. The molecule has 0 aliphatic carbocycles. The van der Waals surface area contributed by atoms with Gasteiger partial charge in [0, 0.05) is 17.0 Å². The molecule has 0 saturated carbocycles. The van der Waals surface area contributed by atoms with Crippen LogP contribution in [0.3, 0.4) is 0 Å². The maximum absolute atomic E-state index is 12.4. The average Bonchev–Trinajstić information content (AvgIpc) is 2.83. The summed E-state index contributed by atoms with van der Waals surface area (Å²) in [6, 6.07) is 34.0. The van der Waals surface area contributed by atoms with E-state index < -0.39 is 0 Å². The number of ether oxygens (including phenoxy) is 1. The van der Waals surface area contributed by atoms with Gasteiger partial charge >= 0.3 is 0 Å². The SMILES string of the molecule is C/C(=N\NC(=O)COc1cccc2ccccc12)C(c1ccccc1)c1ccccc1. The molecule has 0 saturated heterocycles. The van der Waals surface area contributed by atoms with Gasteiger partial charge in [0.05, 0.1) is 0 Å². The molecule has 0 spiro atoms. The second kappa shape index (κ2) is 9.72. The lowest BCUT2D eigenvalue weighted by atomic mass is 9.88. The smallest absolute Gasteiger partial charge is 0.277 e. The molecule has 1 N–H and O–H groups in total. The Morgan fingerprint density at radius 2 is 1.39 bits per heavy atom. The van der Waals surface area contributed by atoms with E-state index in [1.54, 1.807) is 0 Å². The maximum atomic E-state index is 12.4. The Morgan fingerprint density at radius 1 is 0.806 bits per heavy atom. The first-order valence-corrected chi connectivity index (χ1v) is 10.3. The summed E-state index contributed by atoms with van der Waals surface area (Å²) >= 11 is 0. The molecule has 0 aliphatic rings. The molecule has 0 bridgehead atoms. The molecule has 0 aliphatic heterocycles. The molecule has 4 rings (SSSR count). The number of amides is 1. The van der Waals surface area contributed by atoms with Crippen LogP contribution in [0.4, 0.5) is 0 Å². The molecule has 4 heteroatoms. The van der Waals surface area contributed by atoms with Gasteiger partial charge in [-0.1, -0.05) is 97.1 Å². The minimum atomic E-state index is -0.299. The van der Waals surface area contributed by atoms with Crippen LogP contribution in [0.25, 0.3) is 10.8 Å². The molecule has 154 valence electrons. The van der Waals surface area contributed by atoms with Crippen LogP contribution in [0.1, 0.15) is 24.0 Å². The van der Waals surface area contributed by atoms with Crippen molar-refractivity contribution >= 4 is 22.4 Å². The lowest BCUT2D eigenvalue weighted by molar-refractivity contribution is -0.123. The lowest BCUT2D eigenvalue weighted by Gasteiger charge is -2.18. The summed E-state index contributed by atoms with van der Waals surface area (Å²) < 4.78 is 5.76. The number of hydrogen-bond donors (Lipinski definition) is 1. The van der Waals surface area contributed by atoms with E-state index in [0.717, 1.165) is 27.6 Å². The standard InChI is InChI=1S/C27H24N2O2/c1-20(27(22-12-4-2-5-13-22)23-14-6-3-7-15-23)28-29-26(30)19-31-25-18-10-16-21-11-8-9-17-24(21)25/h2-18,27H,19H2,1H3,(H,29,30)/b28-20+. The number of hydrazone groups is 1. The number of nitrogens with zero attached hydrogens (tertiary/aromatic N) is 1. The average molecular weight is 409 g/mol. The zero-order chi connectivity index (χ0) is 21.5. The van der Waals surface area contributed by atoms with Crippen LogP contribution in [-0.2, 0) is 4.79 Å². The zero-order valence-electron chi connectivity index (χ0n) is 17.4. The summed E-state index contributed by atoms with van der Waals surface area (Å²) in [5.74, 6) is 0.342. The van der Waals surface area contributed by atoms with E-state index in [-0.39, 0.29) is 18.4 Å². The predicted molar refractivity (Wildman–Crippen MR) is 125 cm³/mol. The summed E-state index contributed by atoms with van der Waals surface area (Å²) in [5.41, 5.74) is 5.69. The van der Waals surface area contributed by atoms with Gasteiger partial charge in [0.1, 0.15) is 5.75 Å². The maximum Gasteiger partial charge on any atom is 0.277 e. The van der Waals surface area contributed by atoms with Crippen molar-refractivity contribution < 1.29 is 9.53 Å². The van der Waals surface area contributed by atoms with Crippen LogP contribution in [0.2, 0.25) is 0 Å². The molecule has 4 aromatic carbocycles. The number of hydrogen-bond acceptors (Lipinski definition) is 3. The van der Waals surface area contributed by atoms with Gasteiger partial charge in [-0.25, -0.2) is 5.43 Å². The first-order chi connectivity index (χ1) is 15.2. The van der Waals surface area contributed by atoms with Crippen LogP contribution in [0, 0.1) is 0 Å². The van der Waals surface area contributed by atoms with Crippen molar-refractivity contribution in [1.82, 2.24) is 5.43 Å². The van der Waals surface area contributed by atoms with Crippen LogP contribution in [0.5, 0.6) is 5.75 Å². The van der Waals surface area contributed by atoms with Crippen molar-refractivity contribution in [1.29, 1.82) is 0 Å². The first kappa shape index (κ1) is 20.4. The highest BCUT2D eigenvalue weighted by atomic mass is 16.5. The fourth-order valence-electron chi connectivity index (χ4n) is 3.68. The van der Waals surface area contributed by atoms with Crippen LogP contribution < -0.4 is 10.2 Å². The van der Waals surface area contributed by atoms with Gasteiger partial charge in [-0.05, 0) is 29.5 Å². The summed E-state index contributed by atoms with van der Waals surface area (Å²) in [4.78, 5) is 12.4. The fourth-order valence-corrected chi connectivity index (χ4v) is 3.68. The topological polar surface area (TPSA) is 50.7 Å². The second-order valence-corrected chi connectivity index (χ2v) is 7.31. The molecule has 0 heterocycles. The number of benzene rings is 4. The Bertz CT molecular complexity index is 1140. The lowest BCUT2D eigenvalue weighted by Crippen LogP contribution is -2.26. The number of carbonyl (C=O) groups is 1. The molecule has 31 heavy (non-hydrogen) atoms. The Kier molecular flexibility index (Phi) is 6.38. The summed E-state index contributed by atoms with van der Waals surface area (Å²) in [7, 11) is 0. The third kappa shape index (κ3) is 4.98. The number of carbonyl (C=O) groups excluding carboxylic acids is 1. The molecule has 0 unspecified atom stereocenters. The largest absolute Gasteiger partial charge is 0.483 e. The van der Waals surface area contributed by atoms with E-state index in [1.165, 1.54) is 0 Å². The molecule has 0 fully saturated rings. The molecule has 0 aromatic heterocycles. The van der Waals surface area contributed by atoms with Gasteiger partial charge < -0.3 is 4.74 Å². The van der Waals surface area contributed by atoms with E-state index in [4.69, 9.17) is 4.74 Å². The van der Waals surface area contributed by atoms with E-state index >= 15 is 0 Å². The van der Waals surface area contributed by atoms with Crippen LogP contribution >= 0.6 is 0 Å². The Hall–Kier alpha value is -3.92. The first-order valence-electron chi connectivity index (χ1n) is 10.3. The molecule has 1 amide bonds. The van der Waals surface area contributed by atoms with Gasteiger partial charge in [0.2, 0.25) is 0 Å². The number of fused-ring (bicyclic) bond motifs is 1. The highest BCUT2D eigenvalue weighted by Gasteiger charge is 2.17. The second-order valence-electron chi connectivity index (χ2n) is 7.31. The van der Waals surface area contributed by atoms with E-state index in [9.17, 15) is 4.79 Å². The molecule has 4 nitrogen and oxygen atoms in total.